The van der Waals surface area contributed by atoms with Crippen LogP contribution in [0.15, 0.2) is 48.5 Å². The number of anilines is 2. The number of hydrogen-bond acceptors (Lipinski definition) is 2. The first-order chi connectivity index (χ1) is 10.2. The second-order valence-electron chi connectivity index (χ2n) is 4.72. The van der Waals surface area contributed by atoms with Gasteiger partial charge in [0.15, 0.2) is 0 Å². The molecule has 21 heavy (non-hydrogen) atoms. The van der Waals surface area contributed by atoms with Crippen LogP contribution in [0.5, 0.6) is 0 Å². The third-order valence-electron chi connectivity index (χ3n) is 3.00. The predicted octanol–water partition coefficient (Wildman–Crippen LogP) is 4.15. The molecule has 0 aliphatic carbocycles. The molecule has 2 rings (SSSR count). The highest BCUT2D eigenvalue weighted by Crippen LogP contribution is 2.13. The van der Waals surface area contributed by atoms with Crippen molar-refractivity contribution < 1.29 is 4.79 Å². The molecule has 0 bridgehead atoms. The van der Waals surface area contributed by atoms with Crippen molar-refractivity contribution in [2.75, 3.05) is 10.6 Å². The van der Waals surface area contributed by atoms with Gasteiger partial charge in [-0.3, -0.25) is 0 Å². The molecule has 0 saturated heterocycles. The van der Waals surface area contributed by atoms with Crippen molar-refractivity contribution in [3.05, 3.63) is 59.7 Å². The van der Waals surface area contributed by atoms with Gasteiger partial charge in [-0.15, -0.1) is 0 Å². The van der Waals surface area contributed by atoms with Gasteiger partial charge >= 0.3 is 6.03 Å². The normalized spacial score (nSPS) is 9.71. The largest absolute Gasteiger partial charge is 0.323 e. The summed E-state index contributed by atoms with van der Waals surface area (Å²) in [7, 11) is 0. The number of benzene rings is 2. The summed E-state index contributed by atoms with van der Waals surface area (Å²) in [4.78, 5) is 11.9. The average molecular weight is 279 g/mol. The minimum atomic E-state index is -0.326. The Balaban J connectivity index is 1.96. The lowest BCUT2D eigenvalue weighted by Crippen LogP contribution is -2.19. The topological polar surface area (TPSA) is 64.9 Å². The molecule has 0 saturated carbocycles. The number of nitrogens with one attached hydrogen (secondary N) is 2. The molecule has 0 aliphatic rings. The van der Waals surface area contributed by atoms with Crippen molar-refractivity contribution >= 4 is 17.4 Å². The Bertz CT molecular complexity index is 656. The first-order valence-electron chi connectivity index (χ1n) is 6.88. The molecule has 4 heteroatoms. The Morgan fingerprint density at radius 2 is 1.81 bits per heavy atom. The Morgan fingerprint density at radius 3 is 2.48 bits per heavy atom. The molecule has 0 fully saturated rings. The molecule has 0 unspecified atom stereocenters. The number of amides is 2. The zero-order valence-corrected chi connectivity index (χ0v) is 11.9. The van der Waals surface area contributed by atoms with Crippen molar-refractivity contribution in [2.24, 2.45) is 0 Å². The van der Waals surface area contributed by atoms with E-state index < -0.39 is 0 Å². The second-order valence-corrected chi connectivity index (χ2v) is 4.72. The maximum atomic E-state index is 11.9. The van der Waals surface area contributed by atoms with Crippen LogP contribution in [0, 0.1) is 11.3 Å². The van der Waals surface area contributed by atoms with Crippen molar-refractivity contribution in [1.29, 1.82) is 5.26 Å². The summed E-state index contributed by atoms with van der Waals surface area (Å²) in [6.07, 6.45) is 2.13. The van der Waals surface area contributed by atoms with E-state index in [0.29, 0.717) is 11.3 Å². The quantitative estimate of drug-likeness (QED) is 0.882. The van der Waals surface area contributed by atoms with E-state index >= 15 is 0 Å². The maximum absolute atomic E-state index is 11.9. The van der Waals surface area contributed by atoms with E-state index in [1.807, 2.05) is 30.3 Å². The molecule has 4 nitrogen and oxygen atoms in total. The van der Waals surface area contributed by atoms with E-state index in [-0.39, 0.29) is 6.03 Å². The Labute approximate surface area is 124 Å². The van der Waals surface area contributed by atoms with Gasteiger partial charge in [0.25, 0.3) is 0 Å². The number of urea groups is 1. The van der Waals surface area contributed by atoms with Crippen LogP contribution in [-0.4, -0.2) is 6.03 Å². The summed E-state index contributed by atoms with van der Waals surface area (Å²) in [5.74, 6) is 0. The third-order valence-corrected chi connectivity index (χ3v) is 3.00. The molecule has 0 aliphatic heterocycles. The zero-order valence-electron chi connectivity index (χ0n) is 11.9. The van der Waals surface area contributed by atoms with Crippen LogP contribution in [0.2, 0.25) is 0 Å². The van der Waals surface area contributed by atoms with Gasteiger partial charge in [0, 0.05) is 11.4 Å². The predicted molar refractivity (Wildman–Crippen MR) is 84.2 cm³/mol. The lowest BCUT2D eigenvalue weighted by Gasteiger charge is -2.08. The first kappa shape index (κ1) is 14.6. The summed E-state index contributed by atoms with van der Waals surface area (Å²) in [6, 6.07) is 16.3. The van der Waals surface area contributed by atoms with Gasteiger partial charge in [-0.2, -0.15) is 5.26 Å². The molecular formula is C17H17N3O. The SMILES string of the molecule is CCCc1ccc(NC(=O)Nc2cccc(C#N)c2)cc1. The van der Waals surface area contributed by atoms with E-state index in [4.69, 9.17) is 5.26 Å². The molecule has 2 aromatic carbocycles. The van der Waals surface area contributed by atoms with Crippen LogP contribution < -0.4 is 10.6 Å². The fourth-order valence-electron chi connectivity index (χ4n) is 2.00. The number of rotatable bonds is 4. The summed E-state index contributed by atoms with van der Waals surface area (Å²) in [6.45, 7) is 2.13. The van der Waals surface area contributed by atoms with Crippen LogP contribution >= 0.6 is 0 Å². The lowest BCUT2D eigenvalue weighted by molar-refractivity contribution is 0.262. The standard InChI is InChI=1S/C17H17N3O/c1-2-4-13-7-9-15(10-8-13)19-17(21)20-16-6-3-5-14(11-16)12-18/h3,5-11H,2,4H2,1H3,(H2,19,20,21). The molecule has 0 spiro atoms. The van der Waals surface area contributed by atoms with Crippen LogP contribution in [0.4, 0.5) is 16.2 Å². The van der Waals surface area contributed by atoms with Crippen LogP contribution in [-0.2, 0) is 6.42 Å². The molecule has 0 aromatic heterocycles. The van der Waals surface area contributed by atoms with Gasteiger partial charge in [0.1, 0.15) is 0 Å². The van der Waals surface area contributed by atoms with E-state index in [9.17, 15) is 4.79 Å². The van der Waals surface area contributed by atoms with Gasteiger partial charge < -0.3 is 10.6 Å². The van der Waals surface area contributed by atoms with E-state index in [0.717, 1.165) is 18.5 Å². The first-order valence-corrected chi connectivity index (χ1v) is 6.88. The molecule has 0 heterocycles. The molecule has 2 N–H and O–H groups in total. The number of carbonyl (C=O) groups excluding carboxylic acids is 1. The summed E-state index contributed by atoms with van der Waals surface area (Å²) >= 11 is 0. The van der Waals surface area contributed by atoms with Gasteiger partial charge in [-0.1, -0.05) is 31.5 Å². The fraction of sp³-hybridized carbons (Fsp3) is 0.176. The van der Waals surface area contributed by atoms with Crippen molar-refractivity contribution in [3.63, 3.8) is 0 Å². The Kier molecular flexibility index (Phi) is 4.94. The molecular weight excluding hydrogens is 262 g/mol. The number of nitrogens with zero attached hydrogens (tertiary/aromatic N) is 1. The highest BCUT2D eigenvalue weighted by molar-refractivity contribution is 5.99. The summed E-state index contributed by atoms with van der Waals surface area (Å²) in [5, 5.41) is 14.3. The number of nitriles is 1. The molecule has 2 aromatic rings. The maximum Gasteiger partial charge on any atom is 0.323 e. The molecule has 2 amide bonds. The third kappa shape index (κ3) is 4.36. The van der Waals surface area contributed by atoms with Crippen molar-refractivity contribution in [2.45, 2.75) is 19.8 Å². The van der Waals surface area contributed by atoms with Gasteiger partial charge in [-0.25, -0.2) is 4.79 Å². The fourth-order valence-corrected chi connectivity index (χ4v) is 2.00. The van der Waals surface area contributed by atoms with Gasteiger partial charge in [0.2, 0.25) is 0 Å². The Hall–Kier alpha value is -2.80. The van der Waals surface area contributed by atoms with Crippen LogP contribution in [0.1, 0.15) is 24.5 Å². The zero-order chi connectivity index (χ0) is 15.1. The van der Waals surface area contributed by atoms with Crippen molar-refractivity contribution in [1.82, 2.24) is 0 Å². The average Bonchev–Trinajstić information content (AvgIpc) is 2.49. The van der Waals surface area contributed by atoms with E-state index in [1.54, 1.807) is 24.3 Å². The highest BCUT2D eigenvalue weighted by Gasteiger charge is 2.03. The van der Waals surface area contributed by atoms with Crippen molar-refractivity contribution in [3.8, 4) is 6.07 Å². The smallest absolute Gasteiger partial charge is 0.308 e. The monoisotopic (exact) mass is 279 g/mol. The highest BCUT2D eigenvalue weighted by atomic mass is 16.2. The summed E-state index contributed by atoms with van der Waals surface area (Å²) < 4.78 is 0. The number of carbonyl (C=O) groups is 1. The Morgan fingerprint density at radius 1 is 1.10 bits per heavy atom. The molecule has 106 valence electrons. The van der Waals surface area contributed by atoms with E-state index in [2.05, 4.69) is 17.6 Å². The minimum Gasteiger partial charge on any atom is -0.308 e. The summed E-state index contributed by atoms with van der Waals surface area (Å²) in [5.41, 5.74) is 3.10. The van der Waals surface area contributed by atoms with Crippen LogP contribution in [0.3, 0.4) is 0 Å². The van der Waals surface area contributed by atoms with Gasteiger partial charge in [-0.05, 0) is 42.3 Å². The second kappa shape index (κ2) is 7.11. The number of hydrogen-bond donors (Lipinski definition) is 2. The minimum absolute atomic E-state index is 0.326. The van der Waals surface area contributed by atoms with Crippen LogP contribution in [0.25, 0.3) is 0 Å². The van der Waals surface area contributed by atoms with E-state index in [1.165, 1.54) is 5.56 Å². The molecule has 0 atom stereocenters. The number of aryl methyl sites for hydroxylation is 1. The lowest BCUT2D eigenvalue weighted by atomic mass is 10.1. The molecule has 0 radical (unpaired) electrons. The van der Waals surface area contributed by atoms with Gasteiger partial charge in [0.05, 0.1) is 11.6 Å².